The lowest BCUT2D eigenvalue weighted by atomic mass is 10.1. The highest BCUT2D eigenvalue weighted by molar-refractivity contribution is 7.91. The zero-order chi connectivity index (χ0) is 18.1. The predicted molar refractivity (Wildman–Crippen MR) is 89.1 cm³/mol. The maximum absolute atomic E-state index is 12.7. The van der Waals surface area contributed by atoms with E-state index in [4.69, 9.17) is 0 Å². The predicted octanol–water partition coefficient (Wildman–Crippen LogP) is 3.99. The maximum atomic E-state index is 12.7. The SMILES string of the molecule is Cn1cc(C(F)(F)F)nc1-c1ccc(C=N[S@+]([O-])C(C)(C)C)cc1. The van der Waals surface area contributed by atoms with Gasteiger partial charge in [-0.05, 0) is 26.3 Å². The second-order valence-electron chi connectivity index (χ2n) is 6.28. The fraction of sp³-hybridized carbons (Fsp3) is 0.375. The summed E-state index contributed by atoms with van der Waals surface area (Å²) >= 11 is -1.36. The Morgan fingerprint density at radius 1 is 1.17 bits per heavy atom. The molecule has 0 radical (unpaired) electrons. The molecule has 0 amide bonds. The smallest absolute Gasteiger partial charge is 0.434 e. The zero-order valence-electron chi connectivity index (χ0n) is 13.8. The molecule has 24 heavy (non-hydrogen) atoms. The Kier molecular flexibility index (Phi) is 5.10. The number of hydrogen-bond donors (Lipinski definition) is 0. The molecule has 0 spiro atoms. The molecule has 0 bridgehead atoms. The molecule has 1 aromatic heterocycles. The first-order valence-electron chi connectivity index (χ1n) is 7.15. The summed E-state index contributed by atoms with van der Waals surface area (Å²) in [6, 6.07) is 6.70. The minimum atomic E-state index is -4.47. The van der Waals surface area contributed by atoms with Gasteiger partial charge in [-0.25, -0.2) is 4.98 Å². The van der Waals surface area contributed by atoms with E-state index in [1.807, 2.05) is 20.8 Å². The number of aryl methyl sites for hydroxylation is 1. The molecule has 2 rings (SSSR count). The number of aromatic nitrogens is 2. The summed E-state index contributed by atoms with van der Waals surface area (Å²) in [6.07, 6.45) is -2.03. The van der Waals surface area contributed by atoms with Crippen LogP contribution in [0.15, 0.2) is 34.9 Å². The lowest BCUT2D eigenvalue weighted by molar-refractivity contribution is -0.140. The number of rotatable bonds is 3. The number of nitrogens with zero attached hydrogens (tertiary/aromatic N) is 3. The van der Waals surface area contributed by atoms with E-state index in [2.05, 4.69) is 9.38 Å². The lowest BCUT2D eigenvalue weighted by Gasteiger charge is -2.17. The van der Waals surface area contributed by atoms with Crippen LogP contribution in [0.4, 0.5) is 13.2 Å². The molecule has 2 aromatic rings. The zero-order valence-corrected chi connectivity index (χ0v) is 14.6. The Bertz CT molecular complexity index is 731. The molecule has 1 aromatic carbocycles. The van der Waals surface area contributed by atoms with Gasteiger partial charge in [0.25, 0.3) is 0 Å². The topological polar surface area (TPSA) is 53.2 Å². The van der Waals surface area contributed by atoms with Gasteiger partial charge in [0.2, 0.25) is 0 Å². The van der Waals surface area contributed by atoms with Crippen molar-refractivity contribution in [1.29, 1.82) is 0 Å². The average Bonchev–Trinajstić information content (AvgIpc) is 2.86. The van der Waals surface area contributed by atoms with Crippen molar-refractivity contribution >= 4 is 17.6 Å². The van der Waals surface area contributed by atoms with Gasteiger partial charge in [0.1, 0.15) is 21.9 Å². The van der Waals surface area contributed by atoms with E-state index in [0.717, 1.165) is 6.20 Å². The number of imidazole rings is 1. The molecule has 130 valence electrons. The molecule has 1 heterocycles. The highest BCUT2D eigenvalue weighted by Gasteiger charge is 2.34. The molecular weight excluding hydrogens is 339 g/mol. The summed E-state index contributed by atoms with van der Waals surface area (Å²) in [4.78, 5) is 3.64. The first-order chi connectivity index (χ1) is 11.0. The lowest BCUT2D eigenvalue weighted by Crippen LogP contribution is -2.25. The maximum Gasteiger partial charge on any atom is 0.434 e. The number of hydrogen-bond acceptors (Lipinski definition) is 3. The van der Waals surface area contributed by atoms with Crippen LogP contribution in [-0.2, 0) is 24.6 Å². The van der Waals surface area contributed by atoms with Crippen LogP contribution in [0.5, 0.6) is 0 Å². The van der Waals surface area contributed by atoms with Crippen molar-refractivity contribution in [3.63, 3.8) is 0 Å². The second kappa shape index (κ2) is 6.60. The molecule has 0 N–H and O–H groups in total. The molecule has 8 heteroatoms. The normalized spacial score (nSPS) is 14.3. The van der Waals surface area contributed by atoms with Crippen LogP contribution >= 0.6 is 0 Å². The monoisotopic (exact) mass is 357 g/mol. The van der Waals surface area contributed by atoms with Gasteiger partial charge in [-0.1, -0.05) is 28.7 Å². The Hall–Kier alpha value is -1.80. The Labute approximate surface area is 141 Å². The van der Waals surface area contributed by atoms with Crippen molar-refractivity contribution in [2.24, 2.45) is 11.4 Å². The van der Waals surface area contributed by atoms with Gasteiger partial charge in [-0.3, -0.25) is 0 Å². The average molecular weight is 357 g/mol. The Morgan fingerprint density at radius 3 is 2.21 bits per heavy atom. The largest absolute Gasteiger partial charge is 0.591 e. The highest BCUT2D eigenvalue weighted by atomic mass is 32.2. The first kappa shape index (κ1) is 18.5. The van der Waals surface area contributed by atoms with Gasteiger partial charge in [0.15, 0.2) is 5.69 Å². The van der Waals surface area contributed by atoms with Crippen LogP contribution in [0.25, 0.3) is 11.4 Å². The molecule has 0 aliphatic heterocycles. The summed E-state index contributed by atoms with van der Waals surface area (Å²) in [5.74, 6) is 0.226. The number of alkyl halides is 3. The van der Waals surface area contributed by atoms with Crippen molar-refractivity contribution in [2.45, 2.75) is 31.7 Å². The molecule has 0 aliphatic carbocycles. The molecule has 0 saturated carbocycles. The quantitative estimate of drug-likeness (QED) is 0.616. The Balaban J connectivity index is 2.21. The fourth-order valence-corrected chi connectivity index (χ4v) is 2.39. The summed E-state index contributed by atoms with van der Waals surface area (Å²) in [5, 5.41) is 0. The van der Waals surface area contributed by atoms with Gasteiger partial charge in [-0.15, -0.1) is 0 Å². The standard InChI is InChI=1S/C16H18F3N3OS/c1-15(2,3)24(23)20-9-11-5-7-12(8-6-11)14-21-13(10-22(14)4)16(17,18)19/h5-10H,1-4H3/t24-/m1/s1. The van der Waals surface area contributed by atoms with Crippen molar-refractivity contribution < 1.29 is 17.7 Å². The van der Waals surface area contributed by atoms with Crippen LogP contribution in [0.2, 0.25) is 0 Å². The highest BCUT2D eigenvalue weighted by Crippen LogP contribution is 2.30. The van der Waals surface area contributed by atoms with Crippen LogP contribution in [0.1, 0.15) is 32.0 Å². The summed E-state index contributed by atoms with van der Waals surface area (Å²) in [6.45, 7) is 5.47. The fourth-order valence-electron chi connectivity index (χ4n) is 1.86. The van der Waals surface area contributed by atoms with E-state index in [1.165, 1.54) is 17.8 Å². The van der Waals surface area contributed by atoms with Crippen LogP contribution < -0.4 is 0 Å². The van der Waals surface area contributed by atoms with Crippen molar-refractivity contribution in [2.75, 3.05) is 0 Å². The molecule has 1 atom stereocenters. The van der Waals surface area contributed by atoms with Crippen molar-refractivity contribution in [3.05, 3.63) is 41.7 Å². The van der Waals surface area contributed by atoms with Crippen molar-refractivity contribution in [1.82, 2.24) is 9.55 Å². The summed E-state index contributed by atoms with van der Waals surface area (Å²) in [5.41, 5.74) is 0.343. The minimum Gasteiger partial charge on any atom is -0.591 e. The molecule has 0 aliphatic rings. The van der Waals surface area contributed by atoms with Gasteiger partial charge in [-0.2, -0.15) is 13.2 Å². The minimum absolute atomic E-state index is 0.226. The molecule has 0 unspecified atom stereocenters. The number of benzene rings is 1. The van der Waals surface area contributed by atoms with E-state index in [9.17, 15) is 17.7 Å². The molecule has 4 nitrogen and oxygen atoms in total. The van der Waals surface area contributed by atoms with Crippen LogP contribution in [-0.4, -0.2) is 25.1 Å². The van der Waals surface area contributed by atoms with E-state index < -0.39 is 28.0 Å². The summed E-state index contributed by atoms with van der Waals surface area (Å²) in [7, 11) is 1.51. The Morgan fingerprint density at radius 2 is 1.75 bits per heavy atom. The molecular formula is C16H18F3N3OS. The van der Waals surface area contributed by atoms with Gasteiger partial charge < -0.3 is 9.12 Å². The molecule has 0 fully saturated rings. The van der Waals surface area contributed by atoms with Crippen molar-refractivity contribution in [3.8, 4) is 11.4 Å². The molecule has 0 saturated heterocycles. The second-order valence-corrected chi connectivity index (χ2v) is 8.21. The van der Waals surface area contributed by atoms with E-state index >= 15 is 0 Å². The van der Waals surface area contributed by atoms with Gasteiger partial charge in [0, 0.05) is 18.8 Å². The third kappa shape index (κ3) is 4.39. The van der Waals surface area contributed by atoms with E-state index in [-0.39, 0.29) is 5.82 Å². The number of halogens is 3. The van der Waals surface area contributed by atoms with Crippen LogP contribution in [0.3, 0.4) is 0 Å². The van der Waals surface area contributed by atoms with Gasteiger partial charge >= 0.3 is 6.18 Å². The van der Waals surface area contributed by atoms with E-state index in [1.54, 1.807) is 24.3 Å². The first-order valence-corrected chi connectivity index (χ1v) is 8.26. The summed E-state index contributed by atoms with van der Waals surface area (Å²) < 4.78 is 54.9. The van der Waals surface area contributed by atoms with Gasteiger partial charge in [0.05, 0.1) is 6.21 Å². The third-order valence-electron chi connectivity index (χ3n) is 3.16. The third-order valence-corrected chi connectivity index (χ3v) is 4.50. The van der Waals surface area contributed by atoms with Crippen LogP contribution in [0, 0.1) is 0 Å². The van der Waals surface area contributed by atoms with E-state index in [0.29, 0.717) is 11.1 Å².